The molecule has 2 aromatic rings. The van der Waals surface area contributed by atoms with E-state index in [0.29, 0.717) is 23.0 Å². The van der Waals surface area contributed by atoms with Crippen LogP contribution in [0, 0.1) is 5.82 Å². The van der Waals surface area contributed by atoms with Gasteiger partial charge in [0.25, 0.3) is 0 Å². The van der Waals surface area contributed by atoms with Gasteiger partial charge < -0.3 is 19.3 Å². The fourth-order valence-corrected chi connectivity index (χ4v) is 3.93. The molecule has 0 radical (unpaired) electrons. The van der Waals surface area contributed by atoms with Crippen molar-refractivity contribution < 1.29 is 28.5 Å². The molecule has 0 spiro atoms. The van der Waals surface area contributed by atoms with Crippen molar-refractivity contribution in [2.24, 2.45) is 0 Å². The van der Waals surface area contributed by atoms with E-state index < -0.39 is 12.0 Å². The highest BCUT2D eigenvalue weighted by Crippen LogP contribution is 2.42. The summed E-state index contributed by atoms with van der Waals surface area (Å²) in [5, 5.41) is 12.1. The average Bonchev–Trinajstić information content (AvgIpc) is 3.17. The number of ether oxygens (including phenoxy) is 3. The van der Waals surface area contributed by atoms with Crippen LogP contribution in [-0.2, 0) is 4.79 Å². The van der Waals surface area contributed by atoms with Crippen LogP contribution in [-0.4, -0.2) is 43.2 Å². The van der Waals surface area contributed by atoms with Gasteiger partial charge in [-0.05, 0) is 30.3 Å². The summed E-state index contributed by atoms with van der Waals surface area (Å²) >= 11 is 1.51. The Hall–Kier alpha value is -2.45. The highest BCUT2D eigenvalue weighted by molar-refractivity contribution is 7.99. The van der Waals surface area contributed by atoms with Crippen LogP contribution >= 0.6 is 11.8 Å². The van der Waals surface area contributed by atoms with Crippen molar-refractivity contribution in [1.29, 1.82) is 0 Å². The maximum absolute atomic E-state index is 12.9. The largest absolute Gasteiger partial charge is 0.493 e. The Bertz CT molecular complexity index is 786. The molecule has 1 saturated heterocycles. The SMILES string of the molecule is COc1cccc(C2NC(C(=O)O)CS2)c1OCCOc1ccc(F)cc1. The molecule has 2 unspecified atom stereocenters. The number of rotatable bonds is 8. The van der Waals surface area contributed by atoms with Gasteiger partial charge in [0.1, 0.15) is 30.8 Å². The third-order valence-electron chi connectivity index (χ3n) is 4.00. The zero-order valence-electron chi connectivity index (χ0n) is 14.7. The molecule has 8 heteroatoms. The summed E-state index contributed by atoms with van der Waals surface area (Å²) < 4.78 is 29.7. The molecule has 0 saturated carbocycles. The highest BCUT2D eigenvalue weighted by Gasteiger charge is 2.32. The molecule has 0 bridgehead atoms. The van der Waals surface area contributed by atoms with Crippen molar-refractivity contribution in [1.82, 2.24) is 5.32 Å². The van der Waals surface area contributed by atoms with Gasteiger partial charge in [0.2, 0.25) is 0 Å². The number of hydrogen-bond acceptors (Lipinski definition) is 6. The summed E-state index contributed by atoms with van der Waals surface area (Å²) in [7, 11) is 1.55. The van der Waals surface area contributed by atoms with Crippen molar-refractivity contribution >= 4 is 17.7 Å². The summed E-state index contributed by atoms with van der Waals surface area (Å²) in [4.78, 5) is 11.2. The minimum absolute atomic E-state index is 0.200. The van der Waals surface area contributed by atoms with E-state index >= 15 is 0 Å². The summed E-state index contributed by atoms with van der Waals surface area (Å²) in [5.74, 6) is 0.956. The number of para-hydroxylation sites is 1. The Morgan fingerprint density at radius 2 is 1.96 bits per heavy atom. The van der Waals surface area contributed by atoms with Crippen molar-refractivity contribution in [3.63, 3.8) is 0 Å². The molecule has 2 aromatic carbocycles. The molecule has 1 aliphatic rings. The van der Waals surface area contributed by atoms with Gasteiger partial charge >= 0.3 is 5.97 Å². The van der Waals surface area contributed by atoms with Gasteiger partial charge in [-0.15, -0.1) is 11.8 Å². The van der Waals surface area contributed by atoms with E-state index in [0.717, 1.165) is 5.56 Å². The van der Waals surface area contributed by atoms with Crippen molar-refractivity contribution in [2.75, 3.05) is 26.1 Å². The third kappa shape index (κ3) is 4.84. The first kappa shape index (κ1) is 19.3. The van der Waals surface area contributed by atoms with E-state index in [9.17, 15) is 14.3 Å². The maximum Gasteiger partial charge on any atom is 0.321 e. The van der Waals surface area contributed by atoms with Crippen LogP contribution in [0.1, 0.15) is 10.9 Å². The van der Waals surface area contributed by atoms with E-state index in [1.54, 1.807) is 25.3 Å². The molecule has 0 aromatic heterocycles. The van der Waals surface area contributed by atoms with Crippen LogP contribution in [0.5, 0.6) is 17.2 Å². The number of hydrogen-bond donors (Lipinski definition) is 2. The molecule has 1 heterocycles. The predicted molar refractivity (Wildman–Crippen MR) is 100 cm³/mol. The number of methoxy groups -OCH3 is 1. The lowest BCUT2D eigenvalue weighted by molar-refractivity contribution is -0.138. The molecule has 6 nitrogen and oxygen atoms in total. The summed E-state index contributed by atoms with van der Waals surface area (Å²) in [6.07, 6.45) is 0. The molecule has 144 valence electrons. The van der Waals surface area contributed by atoms with Gasteiger partial charge in [-0.3, -0.25) is 10.1 Å². The Kier molecular flexibility index (Phi) is 6.41. The molecule has 2 atom stereocenters. The van der Waals surface area contributed by atoms with Crippen LogP contribution < -0.4 is 19.5 Å². The smallest absolute Gasteiger partial charge is 0.321 e. The number of benzene rings is 2. The Morgan fingerprint density at radius 1 is 1.22 bits per heavy atom. The van der Waals surface area contributed by atoms with E-state index in [1.807, 2.05) is 12.1 Å². The van der Waals surface area contributed by atoms with E-state index in [-0.39, 0.29) is 24.4 Å². The summed E-state index contributed by atoms with van der Waals surface area (Å²) in [6.45, 7) is 0.524. The van der Waals surface area contributed by atoms with E-state index in [2.05, 4.69) is 5.32 Å². The minimum Gasteiger partial charge on any atom is -0.493 e. The van der Waals surface area contributed by atoms with Gasteiger partial charge in [-0.1, -0.05) is 12.1 Å². The number of carboxylic acid groups (broad SMARTS) is 1. The predicted octanol–water partition coefficient (Wildman–Crippen LogP) is 3.08. The van der Waals surface area contributed by atoms with Crippen molar-refractivity contribution in [3.8, 4) is 17.2 Å². The lowest BCUT2D eigenvalue weighted by atomic mass is 10.1. The number of carbonyl (C=O) groups is 1. The molecule has 1 fully saturated rings. The first-order valence-electron chi connectivity index (χ1n) is 8.37. The van der Waals surface area contributed by atoms with Crippen LogP contribution in [0.25, 0.3) is 0 Å². The molecular weight excluding hydrogens is 373 g/mol. The van der Waals surface area contributed by atoms with Gasteiger partial charge in [-0.25, -0.2) is 4.39 Å². The second-order valence-corrected chi connectivity index (χ2v) is 6.94. The Balaban J connectivity index is 1.65. The molecule has 2 N–H and O–H groups in total. The number of carboxylic acids is 1. The zero-order chi connectivity index (χ0) is 19.2. The monoisotopic (exact) mass is 393 g/mol. The summed E-state index contributed by atoms with van der Waals surface area (Å²) in [6, 6.07) is 10.7. The minimum atomic E-state index is -0.872. The van der Waals surface area contributed by atoms with E-state index in [1.165, 1.54) is 23.9 Å². The Morgan fingerprint density at radius 3 is 2.63 bits per heavy atom. The molecule has 3 rings (SSSR count). The fourth-order valence-electron chi connectivity index (χ4n) is 2.68. The average molecular weight is 393 g/mol. The fraction of sp³-hybridized carbons (Fsp3) is 0.316. The highest BCUT2D eigenvalue weighted by atomic mass is 32.2. The van der Waals surface area contributed by atoms with Gasteiger partial charge in [0, 0.05) is 11.3 Å². The number of thioether (sulfide) groups is 1. The first-order valence-corrected chi connectivity index (χ1v) is 9.42. The molecule has 0 amide bonds. The summed E-state index contributed by atoms with van der Waals surface area (Å²) in [5.41, 5.74) is 0.824. The van der Waals surface area contributed by atoms with Crippen LogP contribution in [0.2, 0.25) is 0 Å². The molecule has 0 aliphatic carbocycles. The second-order valence-electron chi connectivity index (χ2n) is 5.80. The van der Waals surface area contributed by atoms with E-state index in [4.69, 9.17) is 14.2 Å². The zero-order valence-corrected chi connectivity index (χ0v) is 15.5. The van der Waals surface area contributed by atoms with Crippen molar-refractivity contribution in [3.05, 3.63) is 53.8 Å². The van der Waals surface area contributed by atoms with Gasteiger partial charge in [0.15, 0.2) is 11.5 Å². The van der Waals surface area contributed by atoms with Gasteiger partial charge in [0.05, 0.1) is 12.5 Å². The maximum atomic E-state index is 12.9. The number of aliphatic carboxylic acids is 1. The van der Waals surface area contributed by atoms with Crippen LogP contribution in [0.4, 0.5) is 4.39 Å². The van der Waals surface area contributed by atoms with Gasteiger partial charge in [-0.2, -0.15) is 0 Å². The molecular formula is C19H20FNO5S. The molecule has 1 aliphatic heterocycles. The first-order chi connectivity index (χ1) is 13.1. The number of halogens is 1. The standard InChI is InChI=1S/C19H20FNO5S/c1-24-16-4-2-3-14(18-21-15(11-27-18)19(22)23)17(16)26-10-9-25-13-7-5-12(20)6-8-13/h2-8,15,18,21H,9-11H2,1H3,(H,22,23). The Labute approximate surface area is 160 Å². The molecule has 27 heavy (non-hydrogen) atoms. The lowest BCUT2D eigenvalue weighted by Crippen LogP contribution is -2.33. The normalized spacial score (nSPS) is 18.9. The van der Waals surface area contributed by atoms with Crippen LogP contribution in [0.15, 0.2) is 42.5 Å². The van der Waals surface area contributed by atoms with Crippen molar-refractivity contribution in [2.45, 2.75) is 11.4 Å². The topological polar surface area (TPSA) is 77.0 Å². The lowest BCUT2D eigenvalue weighted by Gasteiger charge is -2.19. The second kappa shape index (κ2) is 8.96. The quantitative estimate of drug-likeness (QED) is 0.668. The van der Waals surface area contributed by atoms with Crippen LogP contribution in [0.3, 0.4) is 0 Å². The number of nitrogens with one attached hydrogen (secondary N) is 1. The third-order valence-corrected chi connectivity index (χ3v) is 5.25.